The molecule has 1 amide bonds. The monoisotopic (exact) mass is 371 g/mol. The second-order valence-corrected chi connectivity index (χ2v) is 8.71. The maximum absolute atomic E-state index is 12.1. The van der Waals surface area contributed by atoms with E-state index in [1.165, 1.54) is 0 Å². The molecule has 1 saturated heterocycles. The Morgan fingerprint density at radius 2 is 1.76 bits per heavy atom. The van der Waals surface area contributed by atoms with Crippen LogP contribution in [0.2, 0.25) is 0 Å². The number of nitrogens with zero attached hydrogens (tertiary/aromatic N) is 3. The van der Waals surface area contributed by atoms with Crippen molar-refractivity contribution in [3.05, 3.63) is 11.4 Å². The Bertz CT molecular complexity index is 435. The molecule has 0 bridgehead atoms. The summed E-state index contributed by atoms with van der Waals surface area (Å²) in [6.45, 7) is 21.6. The molecule has 0 aromatic rings. The van der Waals surface area contributed by atoms with Crippen molar-refractivity contribution < 1.29 is 13.8 Å². The van der Waals surface area contributed by atoms with Gasteiger partial charge in [0.25, 0.3) is 8.53 Å². The van der Waals surface area contributed by atoms with E-state index in [0.29, 0.717) is 25.2 Å². The highest BCUT2D eigenvalue weighted by Gasteiger charge is 2.32. The van der Waals surface area contributed by atoms with Gasteiger partial charge in [0.05, 0.1) is 6.10 Å². The Hall–Kier alpha value is -0.730. The Kier molecular flexibility index (Phi) is 9.89. The Morgan fingerprint density at radius 1 is 1.20 bits per heavy atom. The van der Waals surface area contributed by atoms with E-state index in [1.807, 2.05) is 18.7 Å². The number of hydrogen-bond acceptors (Lipinski definition) is 4. The van der Waals surface area contributed by atoms with Crippen molar-refractivity contribution in [2.45, 2.75) is 72.6 Å². The number of rotatable bonds is 9. The van der Waals surface area contributed by atoms with Crippen molar-refractivity contribution in [3.8, 4) is 0 Å². The summed E-state index contributed by atoms with van der Waals surface area (Å²) in [5.41, 5.74) is 0. The second-order valence-electron chi connectivity index (χ2n) is 7.31. The van der Waals surface area contributed by atoms with Crippen LogP contribution in [0.4, 0.5) is 0 Å². The molecule has 0 radical (unpaired) electrons. The van der Waals surface area contributed by atoms with Crippen molar-refractivity contribution in [1.82, 2.24) is 9.57 Å². The average molecular weight is 371 g/mol. The molecule has 0 spiro atoms. The molecule has 1 heterocycles. The highest BCUT2D eigenvalue weighted by atomic mass is 31.2. The molecule has 25 heavy (non-hydrogen) atoms. The van der Waals surface area contributed by atoms with Crippen LogP contribution in [0.3, 0.4) is 0 Å². The number of hydrogen-bond donors (Lipinski definition) is 0. The van der Waals surface area contributed by atoms with E-state index in [2.05, 4.69) is 37.2 Å². The summed E-state index contributed by atoms with van der Waals surface area (Å²) in [7, 11) is -1.19. The van der Waals surface area contributed by atoms with Gasteiger partial charge in [-0.3, -0.25) is 4.79 Å². The van der Waals surface area contributed by atoms with E-state index >= 15 is 0 Å². The lowest BCUT2D eigenvalue weighted by molar-refractivity contribution is -0.136. The second kappa shape index (κ2) is 11.1. The van der Waals surface area contributed by atoms with E-state index in [0.717, 1.165) is 25.9 Å². The van der Waals surface area contributed by atoms with E-state index in [1.54, 1.807) is 0 Å². The third kappa shape index (κ3) is 7.19. The highest BCUT2D eigenvalue weighted by molar-refractivity contribution is 7.44. The SMILES string of the molecule is [C-]#[N+]CCOP(OC1CCN(C(=O)C(C)C)CC1)N(C(C)C)C(C)C. The molecule has 1 aliphatic rings. The number of likely N-dealkylation sites (tertiary alicyclic amines) is 1. The molecule has 0 aromatic heterocycles. The molecule has 1 aliphatic heterocycles. The first-order valence-electron chi connectivity index (χ1n) is 9.28. The summed E-state index contributed by atoms with van der Waals surface area (Å²) in [4.78, 5) is 17.4. The lowest BCUT2D eigenvalue weighted by Gasteiger charge is -2.39. The summed E-state index contributed by atoms with van der Waals surface area (Å²) in [6.07, 6.45) is 1.79. The molecule has 7 heteroatoms. The van der Waals surface area contributed by atoms with Gasteiger partial charge in [-0.25, -0.2) is 11.2 Å². The smallest absolute Gasteiger partial charge is 0.259 e. The van der Waals surface area contributed by atoms with Gasteiger partial charge in [-0.05, 0) is 40.5 Å². The van der Waals surface area contributed by atoms with Crippen molar-refractivity contribution >= 4 is 14.4 Å². The molecule has 0 N–H and O–H groups in total. The maximum atomic E-state index is 12.1. The lowest BCUT2D eigenvalue weighted by atomic mass is 10.1. The summed E-state index contributed by atoms with van der Waals surface area (Å²) in [6, 6.07) is 0.614. The van der Waals surface area contributed by atoms with Gasteiger partial charge in [-0.2, -0.15) is 0 Å². The van der Waals surface area contributed by atoms with Gasteiger partial charge < -0.3 is 18.8 Å². The van der Waals surface area contributed by atoms with Gasteiger partial charge in [-0.15, -0.1) is 0 Å². The predicted octanol–water partition coefficient (Wildman–Crippen LogP) is 3.93. The number of amides is 1. The van der Waals surface area contributed by atoms with Crippen LogP contribution < -0.4 is 0 Å². The fourth-order valence-electron chi connectivity index (χ4n) is 2.96. The standard InChI is InChI=1S/C18H34N3O3P/c1-14(2)18(22)20-11-8-17(9-12-20)24-25(23-13-10-19-7)21(15(3)4)16(5)6/h14-17H,8-13H2,1-6H3. The summed E-state index contributed by atoms with van der Waals surface area (Å²) in [5, 5.41) is 0. The third-order valence-corrected chi connectivity index (χ3v) is 6.32. The van der Waals surface area contributed by atoms with Gasteiger partial charge >= 0.3 is 0 Å². The van der Waals surface area contributed by atoms with Crippen LogP contribution in [0.1, 0.15) is 54.4 Å². The lowest BCUT2D eigenvalue weighted by Crippen LogP contribution is -2.43. The van der Waals surface area contributed by atoms with Crippen molar-refractivity contribution in [2.24, 2.45) is 5.92 Å². The van der Waals surface area contributed by atoms with E-state index in [-0.39, 0.29) is 17.9 Å². The van der Waals surface area contributed by atoms with E-state index in [4.69, 9.17) is 15.6 Å². The molecule has 1 unspecified atom stereocenters. The van der Waals surface area contributed by atoms with Gasteiger partial charge in [0.2, 0.25) is 12.5 Å². The first-order valence-corrected chi connectivity index (χ1v) is 10.4. The van der Waals surface area contributed by atoms with Crippen molar-refractivity contribution in [3.63, 3.8) is 0 Å². The normalized spacial score (nSPS) is 17.6. The van der Waals surface area contributed by atoms with Crippen molar-refractivity contribution in [2.75, 3.05) is 26.2 Å². The van der Waals surface area contributed by atoms with Gasteiger partial charge in [0.15, 0.2) is 0 Å². The predicted molar refractivity (Wildman–Crippen MR) is 102 cm³/mol. The quantitative estimate of drug-likeness (QED) is 0.350. The van der Waals surface area contributed by atoms with Crippen LogP contribution in [0.15, 0.2) is 0 Å². The first kappa shape index (κ1) is 22.3. The van der Waals surface area contributed by atoms with E-state index in [9.17, 15) is 4.79 Å². The van der Waals surface area contributed by atoms with Crippen LogP contribution >= 0.6 is 8.53 Å². The zero-order chi connectivity index (χ0) is 19.0. The molecular weight excluding hydrogens is 337 g/mol. The maximum Gasteiger partial charge on any atom is 0.259 e. The summed E-state index contributed by atoms with van der Waals surface area (Å²) < 4.78 is 14.6. The fourth-order valence-corrected chi connectivity index (χ4v) is 4.72. The van der Waals surface area contributed by atoms with Crippen LogP contribution in [-0.4, -0.2) is 59.9 Å². The molecule has 6 nitrogen and oxygen atoms in total. The van der Waals surface area contributed by atoms with Crippen molar-refractivity contribution in [1.29, 1.82) is 0 Å². The van der Waals surface area contributed by atoms with E-state index < -0.39 is 8.53 Å². The summed E-state index contributed by atoms with van der Waals surface area (Å²) in [5.74, 6) is 0.268. The van der Waals surface area contributed by atoms with Crippen LogP contribution in [0.25, 0.3) is 4.85 Å². The highest BCUT2D eigenvalue weighted by Crippen LogP contribution is 2.48. The minimum absolute atomic E-state index is 0.0453. The molecule has 1 fully saturated rings. The topological polar surface area (TPSA) is 46.4 Å². The molecule has 1 atom stereocenters. The van der Waals surface area contributed by atoms with Crippen LogP contribution in [0, 0.1) is 12.5 Å². The molecule has 1 rings (SSSR count). The largest absolute Gasteiger partial charge is 0.342 e. The third-order valence-electron chi connectivity index (χ3n) is 4.14. The molecular formula is C18H34N3O3P. The summed E-state index contributed by atoms with van der Waals surface area (Å²) >= 11 is 0. The number of piperidine rings is 1. The molecule has 0 aromatic carbocycles. The zero-order valence-corrected chi connectivity index (χ0v) is 17.5. The molecule has 144 valence electrons. The molecule has 0 saturated carbocycles. The average Bonchev–Trinajstić information content (AvgIpc) is 2.54. The fraction of sp³-hybridized carbons (Fsp3) is 0.889. The zero-order valence-electron chi connectivity index (χ0n) is 16.6. The van der Waals surface area contributed by atoms with Crippen LogP contribution in [-0.2, 0) is 13.8 Å². The first-order chi connectivity index (χ1) is 11.8. The minimum Gasteiger partial charge on any atom is -0.342 e. The Labute approximate surface area is 154 Å². The van der Waals surface area contributed by atoms with Crippen LogP contribution in [0.5, 0.6) is 0 Å². The number of carbonyl (C=O) groups excluding carboxylic acids is 1. The Balaban J connectivity index is 2.66. The number of carbonyl (C=O) groups is 1. The van der Waals surface area contributed by atoms with Gasteiger partial charge in [0.1, 0.15) is 6.61 Å². The Morgan fingerprint density at radius 3 is 2.20 bits per heavy atom. The minimum atomic E-state index is -1.19. The van der Waals surface area contributed by atoms with Gasteiger partial charge in [0, 0.05) is 31.1 Å². The van der Waals surface area contributed by atoms with Gasteiger partial charge in [-0.1, -0.05) is 13.8 Å². The molecule has 0 aliphatic carbocycles.